The van der Waals surface area contributed by atoms with E-state index in [0.717, 1.165) is 5.56 Å². The van der Waals surface area contributed by atoms with Gasteiger partial charge in [-0.25, -0.2) is 4.39 Å². The second-order valence-electron chi connectivity index (χ2n) is 7.13. The van der Waals surface area contributed by atoms with Gasteiger partial charge in [0.15, 0.2) is 6.10 Å². The van der Waals surface area contributed by atoms with E-state index in [1.807, 2.05) is 30.3 Å². The van der Waals surface area contributed by atoms with Gasteiger partial charge in [-0.3, -0.25) is 4.79 Å². The Balaban J connectivity index is 2.03. The number of hydrogen-bond donors (Lipinski definition) is 1. The molecule has 2 unspecified atom stereocenters. The van der Waals surface area contributed by atoms with Gasteiger partial charge in [0.05, 0.1) is 6.07 Å². The molecule has 0 bridgehead atoms. The van der Waals surface area contributed by atoms with Crippen LogP contribution in [0, 0.1) is 17.1 Å². The Morgan fingerprint density at radius 1 is 1.15 bits per heavy atom. The number of halogens is 1. The molecule has 2 aromatic rings. The molecule has 0 aliphatic carbocycles. The summed E-state index contributed by atoms with van der Waals surface area (Å²) in [6.45, 7) is 7.93. The molecule has 0 fully saturated rings. The molecule has 0 spiro atoms. The molecule has 2 rings (SSSR count). The van der Waals surface area contributed by atoms with Crippen LogP contribution in [0.4, 0.5) is 4.39 Å². The van der Waals surface area contributed by atoms with Gasteiger partial charge >= 0.3 is 0 Å². The molecule has 0 aliphatic heterocycles. The third-order valence-corrected chi connectivity index (χ3v) is 4.03. The predicted octanol–water partition coefficient (Wildman–Crippen LogP) is 4.27. The van der Waals surface area contributed by atoms with Gasteiger partial charge in [0.2, 0.25) is 0 Å². The average Bonchev–Trinajstić information content (AvgIpc) is 2.60. The van der Waals surface area contributed by atoms with Crippen LogP contribution >= 0.6 is 0 Å². The van der Waals surface area contributed by atoms with Gasteiger partial charge < -0.3 is 10.1 Å². The summed E-state index contributed by atoms with van der Waals surface area (Å²) in [5.74, 6) is -0.467. The summed E-state index contributed by atoms with van der Waals surface area (Å²) in [7, 11) is 0. The third-order valence-electron chi connectivity index (χ3n) is 4.03. The molecule has 1 N–H and O–H groups in total. The number of carbonyl (C=O) groups excluding carboxylic acids is 1. The number of amides is 1. The van der Waals surface area contributed by atoms with E-state index in [0.29, 0.717) is 5.75 Å². The van der Waals surface area contributed by atoms with Gasteiger partial charge in [-0.1, -0.05) is 51.1 Å². The Hall–Kier alpha value is -2.87. The largest absolute Gasteiger partial charge is 0.481 e. The Kier molecular flexibility index (Phi) is 5.99. The average molecular weight is 354 g/mol. The smallest absolute Gasteiger partial charge is 0.262 e. The Bertz CT molecular complexity index is 804. The number of carbonyl (C=O) groups is 1. The maximum atomic E-state index is 13.8. The molecule has 0 saturated carbocycles. The second-order valence-corrected chi connectivity index (χ2v) is 7.13. The zero-order valence-corrected chi connectivity index (χ0v) is 15.4. The quantitative estimate of drug-likeness (QED) is 0.872. The minimum Gasteiger partial charge on any atom is -0.481 e. The van der Waals surface area contributed by atoms with Crippen LogP contribution in [-0.4, -0.2) is 12.0 Å². The molecule has 5 heteroatoms. The van der Waals surface area contributed by atoms with Crippen molar-refractivity contribution in [1.29, 1.82) is 5.26 Å². The molecule has 4 nitrogen and oxygen atoms in total. The first-order valence-corrected chi connectivity index (χ1v) is 8.44. The SMILES string of the molecule is CC(Oc1ccc(C(C)(C)C)cc1)C(=O)NC(C#N)c1ccccc1F. The first-order valence-electron chi connectivity index (χ1n) is 8.44. The summed E-state index contributed by atoms with van der Waals surface area (Å²) in [4.78, 5) is 12.3. The van der Waals surface area contributed by atoms with Crippen molar-refractivity contribution in [3.8, 4) is 11.8 Å². The Morgan fingerprint density at radius 2 is 1.77 bits per heavy atom. The lowest BCUT2D eigenvalue weighted by molar-refractivity contribution is -0.127. The highest BCUT2D eigenvalue weighted by atomic mass is 19.1. The lowest BCUT2D eigenvalue weighted by Crippen LogP contribution is -2.38. The van der Waals surface area contributed by atoms with Crippen LogP contribution in [0.1, 0.15) is 44.9 Å². The van der Waals surface area contributed by atoms with E-state index >= 15 is 0 Å². The number of nitrogens with one attached hydrogen (secondary N) is 1. The zero-order valence-electron chi connectivity index (χ0n) is 15.4. The zero-order chi connectivity index (χ0) is 19.3. The molecule has 26 heavy (non-hydrogen) atoms. The van der Waals surface area contributed by atoms with Crippen molar-refractivity contribution in [2.24, 2.45) is 0 Å². The van der Waals surface area contributed by atoms with E-state index in [2.05, 4.69) is 26.1 Å². The van der Waals surface area contributed by atoms with Crippen molar-refractivity contribution < 1.29 is 13.9 Å². The molecular weight excluding hydrogens is 331 g/mol. The first-order chi connectivity index (χ1) is 12.2. The lowest BCUT2D eigenvalue weighted by Gasteiger charge is -2.20. The van der Waals surface area contributed by atoms with E-state index in [4.69, 9.17) is 4.74 Å². The predicted molar refractivity (Wildman–Crippen MR) is 98.1 cm³/mol. The van der Waals surface area contributed by atoms with Gasteiger partial charge in [-0.2, -0.15) is 5.26 Å². The second kappa shape index (κ2) is 8.01. The fraction of sp³-hybridized carbons (Fsp3) is 0.333. The number of nitrogens with zero attached hydrogens (tertiary/aromatic N) is 1. The molecule has 0 aromatic heterocycles. The summed E-state index contributed by atoms with van der Waals surface area (Å²) in [5, 5.41) is 11.8. The monoisotopic (exact) mass is 354 g/mol. The summed E-state index contributed by atoms with van der Waals surface area (Å²) >= 11 is 0. The summed E-state index contributed by atoms with van der Waals surface area (Å²) < 4.78 is 19.5. The minimum absolute atomic E-state index is 0.0291. The van der Waals surface area contributed by atoms with E-state index in [9.17, 15) is 14.4 Å². The van der Waals surface area contributed by atoms with E-state index in [-0.39, 0.29) is 11.0 Å². The third kappa shape index (κ3) is 4.82. The molecule has 1 amide bonds. The topological polar surface area (TPSA) is 62.1 Å². The highest BCUT2D eigenvalue weighted by Gasteiger charge is 2.22. The van der Waals surface area contributed by atoms with E-state index < -0.39 is 23.9 Å². The number of hydrogen-bond acceptors (Lipinski definition) is 3. The van der Waals surface area contributed by atoms with Gasteiger partial charge in [-0.05, 0) is 36.1 Å². The van der Waals surface area contributed by atoms with Crippen LogP contribution < -0.4 is 10.1 Å². The van der Waals surface area contributed by atoms with Crippen LogP contribution in [0.15, 0.2) is 48.5 Å². The van der Waals surface area contributed by atoms with Crippen molar-refractivity contribution in [3.05, 3.63) is 65.5 Å². The van der Waals surface area contributed by atoms with Crippen molar-refractivity contribution in [2.45, 2.75) is 45.3 Å². The fourth-order valence-corrected chi connectivity index (χ4v) is 2.44. The molecule has 0 saturated heterocycles. The van der Waals surface area contributed by atoms with Crippen LogP contribution in [-0.2, 0) is 10.2 Å². The Labute approximate surface area is 153 Å². The normalized spacial score (nSPS) is 13.4. The maximum Gasteiger partial charge on any atom is 0.262 e. The number of benzene rings is 2. The number of ether oxygens (including phenoxy) is 1. The summed E-state index contributed by atoms with van der Waals surface area (Å²) in [6, 6.07) is 14.2. The highest BCUT2D eigenvalue weighted by Crippen LogP contribution is 2.24. The van der Waals surface area contributed by atoms with Gasteiger partial charge in [0, 0.05) is 5.56 Å². The summed E-state index contributed by atoms with van der Waals surface area (Å²) in [6.07, 6.45) is -0.821. The van der Waals surface area contributed by atoms with E-state index in [1.165, 1.54) is 18.2 Å². The van der Waals surface area contributed by atoms with Crippen molar-refractivity contribution in [1.82, 2.24) is 5.32 Å². The minimum atomic E-state index is -1.07. The molecule has 0 radical (unpaired) electrons. The van der Waals surface area contributed by atoms with Crippen molar-refractivity contribution in [3.63, 3.8) is 0 Å². The van der Waals surface area contributed by atoms with Gasteiger partial charge in [-0.15, -0.1) is 0 Å². The highest BCUT2D eigenvalue weighted by molar-refractivity contribution is 5.81. The molecule has 136 valence electrons. The van der Waals surface area contributed by atoms with Crippen molar-refractivity contribution in [2.75, 3.05) is 0 Å². The van der Waals surface area contributed by atoms with Crippen LogP contribution in [0.5, 0.6) is 5.75 Å². The fourth-order valence-electron chi connectivity index (χ4n) is 2.44. The molecule has 2 aromatic carbocycles. The lowest BCUT2D eigenvalue weighted by atomic mass is 9.87. The number of rotatable bonds is 5. The molecular formula is C21H23FN2O2. The summed E-state index contributed by atoms with van der Waals surface area (Å²) in [5.41, 5.74) is 1.32. The van der Waals surface area contributed by atoms with Crippen LogP contribution in [0.25, 0.3) is 0 Å². The maximum absolute atomic E-state index is 13.8. The van der Waals surface area contributed by atoms with Crippen LogP contribution in [0.3, 0.4) is 0 Å². The number of nitriles is 1. The van der Waals surface area contributed by atoms with E-state index in [1.54, 1.807) is 13.0 Å². The first kappa shape index (κ1) is 19.5. The van der Waals surface area contributed by atoms with Gasteiger partial charge in [0.25, 0.3) is 5.91 Å². The standard InChI is InChI=1S/C21H23FN2O2/c1-14(26-16-11-9-15(10-12-16)21(2,3)4)20(25)24-19(13-23)17-7-5-6-8-18(17)22/h5-12,14,19H,1-4H3,(H,24,25). The molecule has 0 aliphatic rings. The van der Waals surface area contributed by atoms with Gasteiger partial charge in [0.1, 0.15) is 17.6 Å². The molecule has 2 atom stereocenters. The van der Waals surface area contributed by atoms with Crippen molar-refractivity contribution >= 4 is 5.91 Å². The Morgan fingerprint density at radius 3 is 2.31 bits per heavy atom. The van der Waals surface area contributed by atoms with Crippen LogP contribution in [0.2, 0.25) is 0 Å². The molecule has 0 heterocycles.